The molecule has 0 aliphatic rings. The van der Waals surface area contributed by atoms with Crippen LogP contribution in [0.2, 0.25) is 0 Å². The standard InChI is InChI=1S/C7H5ClFNO/c8-4-6(11)7-5(9)2-1-3-10-7/h1-3H,4H2. The molecule has 0 aliphatic heterocycles. The number of alkyl halides is 1. The summed E-state index contributed by atoms with van der Waals surface area (Å²) in [4.78, 5) is 14.3. The van der Waals surface area contributed by atoms with Crippen molar-refractivity contribution in [2.24, 2.45) is 0 Å². The quantitative estimate of drug-likeness (QED) is 0.503. The summed E-state index contributed by atoms with van der Waals surface area (Å²) in [6, 6.07) is 2.59. The van der Waals surface area contributed by atoms with Gasteiger partial charge in [-0.15, -0.1) is 11.6 Å². The van der Waals surface area contributed by atoms with Crippen molar-refractivity contribution in [2.45, 2.75) is 0 Å². The van der Waals surface area contributed by atoms with E-state index in [9.17, 15) is 9.18 Å². The lowest BCUT2D eigenvalue weighted by Crippen LogP contribution is -2.05. The van der Waals surface area contributed by atoms with Gasteiger partial charge in [-0.05, 0) is 12.1 Å². The van der Waals surface area contributed by atoms with Gasteiger partial charge in [0.2, 0.25) is 0 Å². The molecule has 58 valence electrons. The number of nitrogens with zero attached hydrogens (tertiary/aromatic N) is 1. The van der Waals surface area contributed by atoms with Crippen molar-refractivity contribution in [3.05, 3.63) is 29.8 Å². The Labute approximate surface area is 68.0 Å². The van der Waals surface area contributed by atoms with Crippen LogP contribution in [0.1, 0.15) is 10.5 Å². The van der Waals surface area contributed by atoms with Crippen LogP contribution in [0, 0.1) is 5.82 Å². The first-order chi connectivity index (χ1) is 5.25. The van der Waals surface area contributed by atoms with Crippen LogP contribution in [0.3, 0.4) is 0 Å². The predicted molar refractivity (Wildman–Crippen MR) is 39.2 cm³/mol. The number of halogens is 2. The molecule has 11 heavy (non-hydrogen) atoms. The fraction of sp³-hybridized carbons (Fsp3) is 0.143. The van der Waals surface area contributed by atoms with Gasteiger partial charge >= 0.3 is 0 Å². The van der Waals surface area contributed by atoms with Crippen LogP contribution in [-0.2, 0) is 0 Å². The summed E-state index contributed by atoms with van der Waals surface area (Å²) in [5, 5.41) is 0. The number of Topliss-reactive ketones (excluding diaryl/α,β-unsaturated/α-hetero) is 1. The molecule has 0 amide bonds. The van der Waals surface area contributed by atoms with Gasteiger partial charge in [0.1, 0.15) is 5.69 Å². The first-order valence-electron chi connectivity index (χ1n) is 2.95. The Morgan fingerprint density at radius 2 is 2.45 bits per heavy atom. The molecule has 1 aromatic rings. The zero-order valence-corrected chi connectivity index (χ0v) is 6.31. The number of carbonyl (C=O) groups excluding carboxylic acids is 1. The molecular weight excluding hydrogens is 169 g/mol. The second kappa shape index (κ2) is 3.44. The minimum absolute atomic E-state index is 0.192. The molecule has 1 rings (SSSR count). The molecule has 0 bridgehead atoms. The average Bonchev–Trinajstić information content (AvgIpc) is 2.04. The number of hydrogen-bond donors (Lipinski definition) is 0. The number of rotatable bonds is 2. The van der Waals surface area contributed by atoms with Crippen LogP contribution in [0.25, 0.3) is 0 Å². The molecule has 1 heterocycles. The second-order valence-electron chi connectivity index (χ2n) is 1.89. The van der Waals surface area contributed by atoms with Crippen LogP contribution in [-0.4, -0.2) is 16.6 Å². The fourth-order valence-corrected chi connectivity index (χ4v) is 0.781. The lowest BCUT2D eigenvalue weighted by Gasteiger charge is -1.95. The minimum Gasteiger partial charge on any atom is -0.291 e. The maximum absolute atomic E-state index is 12.7. The van der Waals surface area contributed by atoms with E-state index in [0.717, 1.165) is 0 Å². The third-order valence-electron chi connectivity index (χ3n) is 1.14. The molecule has 0 saturated heterocycles. The summed E-state index contributed by atoms with van der Waals surface area (Å²) < 4.78 is 12.7. The Kier molecular flexibility index (Phi) is 2.54. The lowest BCUT2D eigenvalue weighted by atomic mass is 10.2. The largest absolute Gasteiger partial charge is 0.291 e. The molecule has 1 aromatic heterocycles. The Bertz CT molecular complexity index is 277. The molecule has 0 fully saturated rings. The zero-order chi connectivity index (χ0) is 8.27. The summed E-state index contributed by atoms with van der Waals surface area (Å²) in [7, 11) is 0. The van der Waals surface area contributed by atoms with E-state index < -0.39 is 11.6 Å². The monoisotopic (exact) mass is 173 g/mol. The van der Waals surface area contributed by atoms with Crippen LogP contribution in [0.15, 0.2) is 18.3 Å². The van der Waals surface area contributed by atoms with Crippen LogP contribution in [0.4, 0.5) is 4.39 Å². The molecule has 0 N–H and O–H groups in total. The van der Waals surface area contributed by atoms with Crippen LogP contribution >= 0.6 is 11.6 Å². The van der Waals surface area contributed by atoms with E-state index in [4.69, 9.17) is 11.6 Å². The minimum atomic E-state index is -0.627. The normalized spacial score (nSPS) is 9.64. The molecule has 0 aliphatic carbocycles. The maximum Gasteiger partial charge on any atom is 0.198 e. The summed E-state index contributed by atoms with van der Waals surface area (Å²) >= 11 is 5.20. The zero-order valence-electron chi connectivity index (χ0n) is 5.55. The summed E-state index contributed by atoms with van der Waals surface area (Å²) in [5.74, 6) is -1.36. The van der Waals surface area contributed by atoms with Gasteiger partial charge in [0.05, 0.1) is 5.88 Å². The van der Waals surface area contributed by atoms with Crippen molar-refractivity contribution in [1.29, 1.82) is 0 Å². The highest BCUT2D eigenvalue weighted by Crippen LogP contribution is 2.03. The Balaban J connectivity index is 3.03. The van der Waals surface area contributed by atoms with Crippen molar-refractivity contribution in [3.8, 4) is 0 Å². The van der Waals surface area contributed by atoms with Crippen molar-refractivity contribution >= 4 is 17.4 Å². The molecular formula is C7H5ClFNO. The topological polar surface area (TPSA) is 30.0 Å². The maximum atomic E-state index is 12.7. The first-order valence-corrected chi connectivity index (χ1v) is 3.49. The van der Waals surface area contributed by atoms with E-state index in [0.29, 0.717) is 0 Å². The van der Waals surface area contributed by atoms with Gasteiger partial charge in [-0.25, -0.2) is 9.37 Å². The number of aromatic nitrogens is 1. The van der Waals surface area contributed by atoms with Crippen LogP contribution in [0.5, 0.6) is 0 Å². The number of ketones is 1. The van der Waals surface area contributed by atoms with Gasteiger partial charge in [-0.3, -0.25) is 4.79 Å². The van der Waals surface area contributed by atoms with E-state index in [2.05, 4.69) is 4.98 Å². The SMILES string of the molecule is O=C(CCl)c1ncccc1F. The fourth-order valence-electron chi connectivity index (χ4n) is 0.654. The van der Waals surface area contributed by atoms with Gasteiger partial charge in [-0.2, -0.15) is 0 Å². The Hall–Kier alpha value is -0.960. The predicted octanol–water partition coefficient (Wildman–Crippen LogP) is 1.64. The highest BCUT2D eigenvalue weighted by Gasteiger charge is 2.10. The lowest BCUT2D eigenvalue weighted by molar-refractivity contribution is 0.101. The van der Waals surface area contributed by atoms with E-state index in [1.54, 1.807) is 0 Å². The first kappa shape index (κ1) is 8.14. The van der Waals surface area contributed by atoms with Crippen molar-refractivity contribution in [3.63, 3.8) is 0 Å². The third kappa shape index (κ3) is 1.74. The molecule has 0 unspecified atom stereocenters. The number of hydrogen-bond acceptors (Lipinski definition) is 2. The molecule has 2 nitrogen and oxygen atoms in total. The van der Waals surface area contributed by atoms with E-state index in [-0.39, 0.29) is 11.6 Å². The third-order valence-corrected chi connectivity index (χ3v) is 1.39. The summed E-state index contributed by atoms with van der Waals surface area (Å²) in [5.41, 5.74) is -0.192. The van der Waals surface area contributed by atoms with Gasteiger partial charge in [0.15, 0.2) is 11.6 Å². The highest BCUT2D eigenvalue weighted by molar-refractivity contribution is 6.30. The van der Waals surface area contributed by atoms with Crippen LogP contribution < -0.4 is 0 Å². The number of pyridine rings is 1. The van der Waals surface area contributed by atoms with Crippen molar-refractivity contribution in [1.82, 2.24) is 4.98 Å². The van der Waals surface area contributed by atoms with Gasteiger partial charge < -0.3 is 0 Å². The molecule has 4 heteroatoms. The smallest absolute Gasteiger partial charge is 0.198 e. The summed E-state index contributed by atoms with van der Waals surface area (Å²) in [6.07, 6.45) is 1.35. The molecule has 0 saturated carbocycles. The molecule has 0 aromatic carbocycles. The molecule has 0 atom stereocenters. The number of carbonyl (C=O) groups is 1. The van der Waals surface area contributed by atoms with Crippen molar-refractivity contribution < 1.29 is 9.18 Å². The van der Waals surface area contributed by atoms with Gasteiger partial charge in [0.25, 0.3) is 0 Å². The summed E-state index contributed by atoms with van der Waals surface area (Å²) in [6.45, 7) is 0. The highest BCUT2D eigenvalue weighted by atomic mass is 35.5. The second-order valence-corrected chi connectivity index (χ2v) is 2.16. The van der Waals surface area contributed by atoms with E-state index >= 15 is 0 Å². The molecule has 0 radical (unpaired) electrons. The van der Waals surface area contributed by atoms with Gasteiger partial charge in [0, 0.05) is 6.20 Å². The molecule has 0 spiro atoms. The average molecular weight is 174 g/mol. The van der Waals surface area contributed by atoms with E-state index in [1.807, 2.05) is 0 Å². The Morgan fingerprint density at radius 1 is 1.73 bits per heavy atom. The van der Waals surface area contributed by atoms with Crippen molar-refractivity contribution in [2.75, 3.05) is 5.88 Å². The van der Waals surface area contributed by atoms with Gasteiger partial charge in [-0.1, -0.05) is 0 Å². The Morgan fingerprint density at radius 3 is 3.00 bits per heavy atom. The van der Waals surface area contributed by atoms with E-state index in [1.165, 1.54) is 18.3 Å².